The van der Waals surface area contributed by atoms with Crippen molar-refractivity contribution in [1.29, 1.82) is 0 Å². The van der Waals surface area contributed by atoms with Gasteiger partial charge >= 0.3 is 0 Å². The number of nitrogens with zero attached hydrogens (tertiary/aromatic N) is 1. The maximum Gasteiger partial charge on any atom is 0.247 e. The topological polar surface area (TPSA) is 42.7 Å². The Morgan fingerprint density at radius 2 is 1.81 bits per heavy atom. The first kappa shape index (κ1) is 19.2. The zero-order chi connectivity index (χ0) is 19.4. The number of likely N-dealkylation sites (N-methyl/N-ethyl adjacent to an activating group) is 1. The molecule has 0 unspecified atom stereocenters. The molecular weight excluding hydrogens is 406 g/mol. The second-order valence-corrected chi connectivity index (χ2v) is 7.01. The van der Waals surface area contributed by atoms with Gasteiger partial charge in [-0.05, 0) is 55.8 Å². The van der Waals surface area contributed by atoms with Crippen LogP contribution >= 0.6 is 15.9 Å². The smallest absolute Gasteiger partial charge is 0.247 e. The fourth-order valence-corrected chi connectivity index (χ4v) is 3.34. The van der Waals surface area contributed by atoms with E-state index in [0.717, 1.165) is 32.3 Å². The summed E-state index contributed by atoms with van der Waals surface area (Å²) in [6.45, 7) is 5.27. The Bertz CT molecular complexity index is 969. The number of methoxy groups -OCH3 is 1. The first-order chi connectivity index (χ1) is 13.0. The summed E-state index contributed by atoms with van der Waals surface area (Å²) in [6, 6.07) is 15.4. The van der Waals surface area contributed by atoms with Crippen LogP contribution in [0.4, 0.5) is 0 Å². The van der Waals surface area contributed by atoms with Crippen LogP contribution in [0.5, 0.6) is 5.75 Å². The number of rotatable bonds is 6. The molecular formula is C22H22BrNO3. The summed E-state index contributed by atoms with van der Waals surface area (Å²) in [4.78, 5) is 14.5. The van der Waals surface area contributed by atoms with Crippen molar-refractivity contribution in [2.24, 2.45) is 0 Å². The molecule has 0 aliphatic heterocycles. The Labute approximate surface area is 167 Å². The molecule has 1 heterocycles. The highest BCUT2D eigenvalue weighted by atomic mass is 79.9. The van der Waals surface area contributed by atoms with Crippen LogP contribution in [-0.4, -0.2) is 31.0 Å². The lowest BCUT2D eigenvalue weighted by Gasteiger charge is -2.17. The van der Waals surface area contributed by atoms with E-state index in [2.05, 4.69) is 15.9 Å². The van der Waals surface area contributed by atoms with Gasteiger partial charge in [0.15, 0.2) is 0 Å². The number of carbonyl (C=O) groups is 1. The Kier molecular flexibility index (Phi) is 6.01. The molecule has 4 nitrogen and oxygen atoms in total. The molecule has 1 aromatic heterocycles. The molecule has 0 radical (unpaired) electrons. The van der Waals surface area contributed by atoms with Crippen LogP contribution in [0.3, 0.4) is 0 Å². The molecule has 0 saturated heterocycles. The minimum Gasteiger partial charge on any atom is -0.497 e. The lowest BCUT2D eigenvalue weighted by molar-refractivity contribution is -0.125. The van der Waals surface area contributed by atoms with E-state index in [4.69, 9.17) is 9.15 Å². The first-order valence-corrected chi connectivity index (χ1v) is 9.69. The van der Waals surface area contributed by atoms with Gasteiger partial charge in [0.25, 0.3) is 0 Å². The van der Waals surface area contributed by atoms with E-state index < -0.39 is 0 Å². The van der Waals surface area contributed by atoms with Crippen molar-refractivity contribution in [2.75, 3.05) is 20.2 Å². The van der Waals surface area contributed by atoms with E-state index in [0.29, 0.717) is 18.8 Å². The fraction of sp³-hybridized carbons (Fsp3) is 0.227. The summed E-state index contributed by atoms with van der Waals surface area (Å²) >= 11 is 3.49. The van der Waals surface area contributed by atoms with Gasteiger partial charge < -0.3 is 14.1 Å². The molecule has 0 atom stereocenters. The molecule has 0 bridgehead atoms. The van der Waals surface area contributed by atoms with Crippen molar-refractivity contribution in [3.8, 4) is 5.75 Å². The highest BCUT2D eigenvalue weighted by Gasteiger charge is 2.16. The van der Waals surface area contributed by atoms with E-state index in [1.807, 2.05) is 62.4 Å². The van der Waals surface area contributed by atoms with Crippen molar-refractivity contribution < 1.29 is 13.9 Å². The molecule has 5 heteroatoms. The van der Waals surface area contributed by atoms with Crippen LogP contribution in [0.1, 0.15) is 25.2 Å². The van der Waals surface area contributed by atoms with E-state index >= 15 is 0 Å². The molecule has 2 aromatic carbocycles. The molecule has 0 N–H and O–H groups in total. The number of hydrogen-bond donors (Lipinski definition) is 0. The van der Waals surface area contributed by atoms with Crippen LogP contribution in [0.25, 0.3) is 16.5 Å². The number of furan rings is 1. The lowest BCUT2D eigenvalue weighted by atomic mass is 10.0. The van der Waals surface area contributed by atoms with E-state index in [-0.39, 0.29) is 5.91 Å². The largest absolute Gasteiger partial charge is 0.497 e. The summed E-state index contributed by atoms with van der Waals surface area (Å²) in [6.07, 6.45) is 1.65. The molecule has 0 aliphatic carbocycles. The monoisotopic (exact) mass is 427 g/mol. The van der Waals surface area contributed by atoms with Crippen LogP contribution in [0, 0.1) is 0 Å². The molecule has 140 valence electrons. The molecule has 1 amide bonds. The van der Waals surface area contributed by atoms with Gasteiger partial charge in [-0.1, -0.05) is 28.1 Å². The third-order valence-electron chi connectivity index (χ3n) is 4.49. The Hall–Kier alpha value is -2.53. The molecule has 3 aromatic rings. The average molecular weight is 428 g/mol. The van der Waals surface area contributed by atoms with Crippen molar-refractivity contribution in [1.82, 2.24) is 4.90 Å². The van der Waals surface area contributed by atoms with E-state index in [1.54, 1.807) is 18.1 Å². The number of amides is 1. The normalized spacial score (nSPS) is 11.6. The van der Waals surface area contributed by atoms with E-state index in [1.165, 1.54) is 0 Å². The van der Waals surface area contributed by atoms with Crippen LogP contribution < -0.4 is 4.74 Å². The van der Waals surface area contributed by atoms with Gasteiger partial charge in [0.05, 0.1) is 7.11 Å². The zero-order valence-electron chi connectivity index (χ0n) is 15.7. The summed E-state index contributed by atoms with van der Waals surface area (Å²) in [7, 11) is 1.63. The molecule has 3 rings (SSSR count). The maximum atomic E-state index is 12.7. The first-order valence-electron chi connectivity index (χ1n) is 8.90. The molecule has 0 fully saturated rings. The summed E-state index contributed by atoms with van der Waals surface area (Å²) < 4.78 is 12.3. The van der Waals surface area contributed by atoms with Gasteiger partial charge in [-0.2, -0.15) is 0 Å². The maximum absolute atomic E-state index is 12.7. The van der Waals surface area contributed by atoms with Crippen molar-refractivity contribution in [3.63, 3.8) is 0 Å². The predicted molar refractivity (Wildman–Crippen MR) is 112 cm³/mol. The minimum atomic E-state index is -0.0348. The molecule has 0 spiro atoms. The Morgan fingerprint density at radius 1 is 1.11 bits per heavy atom. The lowest BCUT2D eigenvalue weighted by Crippen LogP contribution is -2.29. The third kappa shape index (κ3) is 4.25. The van der Waals surface area contributed by atoms with Crippen LogP contribution in [-0.2, 0) is 4.79 Å². The number of benzene rings is 2. The Morgan fingerprint density at radius 3 is 2.44 bits per heavy atom. The van der Waals surface area contributed by atoms with Gasteiger partial charge in [0.2, 0.25) is 5.91 Å². The summed E-state index contributed by atoms with van der Waals surface area (Å²) in [5.74, 6) is 1.39. The SMILES string of the molecule is CCN(CC)C(=O)C=C(c1ccc(OC)cc1)c1cc2cc(Br)ccc2o1. The quantitative estimate of drug-likeness (QED) is 0.487. The van der Waals surface area contributed by atoms with E-state index in [9.17, 15) is 4.79 Å². The van der Waals surface area contributed by atoms with Crippen LogP contribution in [0.2, 0.25) is 0 Å². The second kappa shape index (κ2) is 8.44. The van der Waals surface area contributed by atoms with Crippen molar-refractivity contribution in [2.45, 2.75) is 13.8 Å². The third-order valence-corrected chi connectivity index (χ3v) is 4.98. The molecule has 27 heavy (non-hydrogen) atoms. The van der Waals surface area contributed by atoms with Crippen molar-refractivity contribution in [3.05, 3.63) is 70.4 Å². The summed E-state index contributed by atoms with van der Waals surface area (Å²) in [5.41, 5.74) is 2.43. The predicted octanol–water partition coefficient (Wildman–Crippen LogP) is 5.50. The molecule has 0 aliphatic rings. The fourth-order valence-electron chi connectivity index (χ4n) is 2.96. The number of carbonyl (C=O) groups excluding carboxylic acids is 1. The van der Waals surface area contributed by atoms with Crippen LogP contribution in [0.15, 0.2) is 63.5 Å². The Balaban J connectivity index is 2.11. The molecule has 0 saturated carbocycles. The van der Waals surface area contributed by atoms with Gasteiger partial charge in [-0.3, -0.25) is 4.79 Å². The number of ether oxygens (including phenoxy) is 1. The van der Waals surface area contributed by atoms with Gasteiger partial charge in [0, 0.05) is 34.6 Å². The number of halogens is 1. The van der Waals surface area contributed by atoms with Gasteiger partial charge in [-0.15, -0.1) is 0 Å². The zero-order valence-corrected chi connectivity index (χ0v) is 17.2. The minimum absolute atomic E-state index is 0.0348. The second-order valence-electron chi connectivity index (χ2n) is 6.09. The standard InChI is InChI=1S/C22H22BrNO3/c1-4-24(5-2)22(25)14-19(15-6-9-18(26-3)10-7-15)21-13-16-12-17(23)8-11-20(16)27-21/h6-14H,4-5H2,1-3H3. The van der Waals surface area contributed by atoms with Gasteiger partial charge in [0.1, 0.15) is 17.1 Å². The number of hydrogen-bond acceptors (Lipinski definition) is 3. The van der Waals surface area contributed by atoms with Crippen molar-refractivity contribution >= 4 is 38.4 Å². The highest BCUT2D eigenvalue weighted by molar-refractivity contribution is 9.10. The average Bonchev–Trinajstić information content (AvgIpc) is 3.10. The highest BCUT2D eigenvalue weighted by Crippen LogP contribution is 2.31. The van der Waals surface area contributed by atoms with Gasteiger partial charge in [-0.25, -0.2) is 0 Å². The summed E-state index contributed by atoms with van der Waals surface area (Å²) in [5, 5.41) is 0.981. The number of fused-ring (bicyclic) bond motifs is 1.